The fourth-order valence-corrected chi connectivity index (χ4v) is 4.94. The zero-order valence-electron chi connectivity index (χ0n) is 11.8. The lowest BCUT2D eigenvalue weighted by molar-refractivity contribution is 0.440. The van der Waals surface area contributed by atoms with Crippen molar-refractivity contribution in [3.8, 4) is 0 Å². The molecule has 2 fully saturated rings. The monoisotopic (exact) mass is 236 g/mol. The standard InChI is InChI=1S/C14H29BSi/c1-12(16(2,3)4)11-15-13-7-5-8-14(15)10-6-9-13/h12-14H,5-11H2,1-4H3. The average molecular weight is 236 g/mol. The Labute approximate surface area is 104 Å². The van der Waals surface area contributed by atoms with Gasteiger partial charge in [-0.25, -0.2) is 0 Å². The van der Waals surface area contributed by atoms with E-state index in [1.54, 1.807) is 32.0 Å². The van der Waals surface area contributed by atoms with Crippen LogP contribution in [-0.4, -0.2) is 14.8 Å². The van der Waals surface area contributed by atoms with Gasteiger partial charge in [-0.05, 0) is 0 Å². The molecule has 0 nitrogen and oxygen atoms in total. The molecule has 0 amide bonds. The second-order valence-electron chi connectivity index (χ2n) is 7.55. The van der Waals surface area contributed by atoms with Crippen molar-refractivity contribution < 1.29 is 0 Å². The van der Waals surface area contributed by atoms with E-state index in [0.29, 0.717) is 0 Å². The Morgan fingerprint density at radius 1 is 1.00 bits per heavy atom. The van der Waals surface area contributed by atoms with E-state index in [2.05, 4.69) is 26.6 Å². The normalized spacial score (nSPS) is 32.6. The molecule has 2 rings (SSSR count). The fraction of sp³-hybridized carbons (Fsp3) is 1.00. The predicted molar refractivity (Wildman–Crippen MR) is 78.5 cm³/mol. The molecule has 2 aliphatic heterocycles. The third-order valence-electron chi connectivity index (χ3n) is 5.61. The Hall–Kier alpha value is 0.282. The summed E-state index contributed by atoms with van der Waals surface area (Å²) >= 11 is 0. The molecule has 92 valence electrons. The highest BCUT2D eigenvalue weighted by Crippen LogP contribution is 2.49. The lowest BCUT2D eigenvalue weighted by Gasteiger charge is -2.43. The van der Waals surface area contributed by atoms with Crippen LogP contribution in [-0.2, 0) is 0 Å². The fourth-order valence-electron chi connectivity index (χ4n) is 3.96. The SMILES string of the molecule is CC(CB1C2CCCC1CCC2)[Si](C)(C)C. The van der Waals surface area contributed by atoms with Crippen molar-refractivity contribution in [3.05, 3.63) is 0 Å². The maximum absolute atomic E-state index is 2.55. The Balaban J connectivity index is 1.98. The van der Waals surface area contributed by atoms with Gasteiger partial charge in [0.05, 0.1) is 0 Å². The van der Waals surface area contributed by atoms with Crippen LogP contribution in [0, 0.1) is 0 Å². The van der Waals surface area contributed by atoms with Crippen LogP contribution < -0.4 is 0 Å². The van der Waals surface area contributed by atoms with Crippen molar-refractivity contribution in [2.24, 2.45) is 0 Å². The number of fused-ring (bicyclic) bond motifs is 2. The van der Waals surface area contributed by atoms with E-state index in [9.17, 15) is 0 Å². The summed E-state index contributed by atoms with van der Waals surface area (Å²) in [5.74, 6) is 2.23. The number of rotatable bonds is 3. The highest BCUT2D eigenvalue weighted by Gasteiger charge is 2.40. The van der Waals surface area contributed by atoms with Crippen molar-refractivity contribution >= 4 is 14.8 Å². The molecule has 1 unspecified atom stereocenters. The summed E-state index contributed by atoms with van der Waals surface area (Å²) in [5, 5.41) is 0. The van der Waals surface area contributed by atoms with Crippen molar-refractivity contribution in [1.82, 2.24) is 0 Å². The van der Waals surface area contributed by atoms with Gasteiger partial charge < -0.3 is 0 Å². The van der Waals surface area contributed by atoms with E-state index in [0.717, 1.165) is 23.9 Å². The zero-order chi connectivity index (χ0) is 11.8. The summed E-state index contributed by atoms with van der Waals surface area (Å²) < 4.78 is 0. The van der Waals surface area contributed by atoms with Crippen molar-refractivity contribution in [2.75, 3.05) is 0 Å². The summed E-state index contributed by atoms with van der Waals surface area (Å²) in [6.07, 6.45) is 10.9. The maximum atomic E-state index is 2.55. The Kier molecular flexibility index (Phi) is 3.88. The van der Waals surface area contributed by atoms with Crippen molar-refractivity contribution in [3.63, 3.8) is 0 Å². The van der Waals surface area contributed by atoms with E-state index < -0.39 is 8.07 Å². The molecule has 2 heteroatoms. The third-order valence-corrected chi connectivity index (χ3v) is 8.81. The van der Waals surface area contributed by atoms with Crippen LogP contribution in [0.25, 0.3) is 0 Å². The lowest BCUT2D eigenvalue weighted by atomic mass is 9.26. The first-order chi connectivity index (χ1) is 7.48. The van der Waals surface area contributed by atoms with Gasteiger partial charge in [-0.15, -0.1) is 0 Å². The molecule has 0 aromatic carbocycles. The molecule has 0 N–H and O–H groups in total. The number of hydrogen-bond donors (Lipinski definition) is 0. The van der Waals surface area contributed by atoms with Gasteiger partial charge in [0, 0.05) is 8.07 Å². The second kappa shape index (κ2) is 4.88. The van der Waals surface area contributed by atoms with Gasteiger partial charge >= 0.3 is 0 Å². The summed E-state index contributed by atoms with van der Waals surface area (Å²) in [4.78, 5) is 0. The van der Waals surface area contributed by atoms with E-state index in [4.69, 9.17) is 0 Å². The van der Waals surface area contributed by atoms with Crippen LogP contribution >= 0.6 is 0 Å². The zero-order valence-corrected chi connectivity index (χ0v) is 12.8. The molecule has 0 aromatic heterocycles. The van der Waals surface area contributed by atoms with E-state index >= 15 is 0 Å². The van der Waals surface area contributed by atoms with Crippen LogP contribution in [0.5, 0.6) is 0 Å². The van der Waals surface area contributed by atoms with Gasteiger partial charge in [-0.2, -0.15) is 0 Å². The molecule has 2 bridgehead atoms. The van der Waals surface area contributed by atoms with Crippen LogP contribution in [0.1, 0.15) is 45.4 Å². The average Bonchev–Trinajstić information content (AvgIpc) is 2.15. The summed E-state index contributed by atoms with van der Waals surface area (Å²) in [6.45, 7) is 11.3. The van der Waals surface area contributed by atoms with Crippen molar-refractivity contribution in [2.45, 2.75) is 88.6 Å². The first kappa shape index (κ1) is 12.7. The maximum Gasteiger partial charge on any atom is 0.146 e. The van der Waals surface area contributed by atoms with Gasteiger partial charge in [-0.3, -0.25) is 0 Å². The smallest absolute Gasteiger partial charge is 0.0735 e. The van der Waals surface area contributed by atoms with Gasteiger partial charge in [0.25, 0.3) is 0 Å². The molecule has 0 spiro atoms. The quantitative estimate of drug-likeness (QED) is 0.582. The first-order valence-electron chi connectivity index (χ1n) is 7.48. The molecule has 2 aliphatic rings. The topological polar surface area (TPSA) is 0 Å². The highest BCUT2D eigenvalue weighted by molar-refractivity contribution is 6.79. The Morgan fingerprint density at radius 3 is 1.81 bits per heavy atom. The van der Waals surface area contributed by atoms with Gasteiger partial charge in [0.15, 0.2) is 0 Å². The molecule has 2 saturated heterocycles. The van der Waals surface area contributed by atoms with E-state index in [1.807, 2.05) is 0 Å². The summed E-state index contributed by atoms with van der Waals surface area (Å²) in [5.41, 5.74) is 1.03. The third kappa shape index (κ3) is 2.75. The molecular formula is C14H29BSi. The summed E-state index contributed by atoms with van der Waals surface area (Å²) in [7, 11) is -0.892. The first-order valence-corrected chi connectivity index (χ1v) is 11.1. The molecule has 0 aromatic rings. The van der Waals surface area contributed by atoms with Gasteiger partial charge in [0.1, 0.15) is 6.71 Å². The van der Waals surface area contributed by atoms with Gasteiger partial charge in [0.2, 0.25) is 0 Å². The minimum atomic E-state index is -0.892. The molecule has 0 saturated carbocycles. The van der Waals surface area contributed by atoms with E-state index in [-0.39, 0.29) is 0 Å². The van der Waals surface area contributed by atoms with Gasteiger partial charge in [-0.1, -0.05) is 88.6 Å². The molecule has 0 radical (unpaired) electrons. The van der Waals surface area contributed by atoms with Crippen LogP contribution in [0.4, 0.5) is 0 Å². The Bertz CT molecular complexity index is 211. The molecule has 16 heavy (non-hydrogen) atoms. The largest absolute Gasteiger partial charge is 0.146 e. The number of hydrogen-bond acceptors (Lipinski definition) is 0. The van der Waals surface area contributed by atoms with Crippen LogP contribution in [0.15, 0.2) is 0 Å². The minimum absolute atomic E-state index is 0.892. The minimum Gasteiger partial charge on any atom is -0.0735 e. The molecule has 0 aliphatic carbocycles. The highest BCUT2D eigenvalue weighted by atomic mass is 28.3. The van der Waals surface area contributed by atoms with E-state index in [1.165, 1.54) is 12.8 Å². The van der Waals surface area contributed by atoms with Crippen LogP contribution in [0.3, 0.4) is 0 Å². The van der Waals surface area contributed by atoms with Crippen molar-refractivity contribution in [1.29, 1.82) is 0 Å². The second-order valence-corrected chi connectivity index (χ2v) is 13.3. The molecule has 1 atom stereocenters. The molecule has 2 heterocycles. The molecular weight excluding hydrogens is 207 g/mol. The van der Waals surface area contributed by atoms with Crippen LogP contribution in [0.2, 0.25) is 43.1 Å². The predicted octanol–water partition coefficient (Wildman–Crippen LogP) is 5.32. The lowest BCUT2D eigenvalue weighted by Crippen LogP contribution is -2.38. The Morgan fingerprint density at radius 2 is 1.44 bits per heavy atom. The summed E-state index contributed by atoms with van der Waals surface area (Å²) in [6, 6.07) is 0.